The molecule has 0 radical (unpaired) electrons. The van der Waals surface area contributed by atoms with E-state index in [-0.39, 0.29) is 5.56 Å². The average Bonchev–Trinajstić information content (AvgIpc) is 2.04. The van der Waals surface area contributed by atoms with Crippen molar-refractivity contribution in [2.45, 2.75) is 19.3 Å². The van der Waals surface area contributed by atoms with E-state index >= 15 is 0 Å². The first-order valence-electron chi connectivity index (χ1n) is 3.98. The second kappa shape index (κ2) is 3.84. The fourth-order valence-electron chi connectivity index (χ4n) is 1.18. The Balaban J connectivity index is 3.51. The molecular weight excluding hydrogens is 258 g/mol. The van der Waals surface area contributed by atoms with E-state index < -0.39 is 28.5 Å². The molecule has 0 bridgehead atoms. The molecular formula is C9H5ClF6. The zero-order valence-corrected chi connectivity index (χ0v) is 8.56. The number of rotatable bonds is 0. The second-order valence-electron chi connectivity index (χ2n) is 3.17. The Morgan fingerprint density at radius 3 is 1.44 bits per heavy atom. The fourth-order valence-corrected chi connectivity index (χ4v) is 1.50. The number of aryl methyl sites for hydroxylation is 1. The van der Waals surface area contributed by atoms with Crippen LogP contribution in [-0.2, 0) is 12.4 Å². The molecule has 90 valence electrons. The van der Waals surface area contributed by atoms with Gasteiger partial charge in [0.1, 0.15) is 0 Å². The summed E-state index contributed by atoms with van der Waals surface area (Å²) in [7, 11) is 0. The van der Waals surface area contributed by atoms with E-state index in [1.807, 2.05) is 0 Å². The summed E-state index contributed by atoms with van der Waals surface area (Å²) in [6.45, 7) is 1.14. The SMILES string of the molecule is Cc1cc(C(F)(F)F)c(Cl)c(C(F)(F)F)c1. The summed E-state index contributed by atoms with van der Waals surface area (Å²) in [6.07, 6.45) is -9.80. The Hall–Kier alpha value is -0.910. The summed E-state index contributed by atoms with van der Waals surface area (Å²) >= 11 is 5.11. The van der Waals surface area contributed by atoms with Crippen LogP contribution in [0, 0.1) is 6.92 Å². The molecule has 0 aliphatic carbocycles. The van der Waals surface area contributed by atoms with Crippen LogP contribution in [0.5, 0.6) is 0 Å². The largest absolute Gasteiger partial charge is 0.417 e. The lowest BCUT2D eigenvalue weighted by atomic mass is 10.1. The van der Waals surface area contributed by atoms with Gasteiger partial charge in [-0.2, -0.15) is 26.3 Å². The molecule has 0 saturated heterocycles. The van der Waals surface area contributed by atoms with Crippen LogP contribution in [0.15, 0.2) is 12.1 Å². The van der Waals surface area contributed by atoms with Gasteiger partial charge < -0.3 is 0 Å². The monoisotopic (exact) mass is 262 g/mol. The van der Waals surface area contributed by atoms with Gasteiger partial charge in [-0.1, -0.05) is 11.6 Å². The maximum absolute atomic E-state index is 12.3. The lowest BCUT2D eigenvalue weighted by Crippen LogP contribution is -2.13. The van der Waals surface area contributed by atoms with Gasteiger partial charge in [-0.25, -0.2) is 0 Å². The van der Waals surface area contributed by atoms with Crippen molar-refractivity contribution < 1.29 is 26.3 Å². The Labute approximate surface area is 91.8 Å². The maximum Gasteiger partial charge on any atom is 0.417 e. The highest BCUT2D eigenvalue weighted by Gasteiger charge is 2.40. The predicted molar refractivity (Wildman–Crippen MR) is 46.2 cm³/mol. The van der Waals surface area contributed by atoms with E-state index in [1.165, 1.54) is 0 Å². The van der Waals surface area contributed by atoms with Crippen molar-refractivity contribution in [1.82, 2.24) is 0 Å². The summed E-state index contributed by atoms with van der Waals surface area (Å²) < 4.78 is 74.1. The highest BCUT2D eigenvalue weighted by atomic mass is 35.5. The number of hydrogen-bond donors (Lipinski definition) is 0. The van der Waals surface area contributed by atoms with Crippen LogP contribution < -0.4 is 0 Å². The van der Waals surface area contributed by atoms with Crippen LogP contribution in [-0.4, -0.2) is 0 Å². The predicted octanol–water partition coefficient (Wildman–Crippen LogP) is 4.69. The van der Waals surface area contributed by atoms with Crippen molar-refractivity contribution >= 4 is 11.6 Å². The molecule has 0 aliphatic rings. The summed E-state index contributed by atoms with van der Waals surface area (Å²) in [6, 6.07) is 1.16. The van der Waals surface area contributed by atoms with Crippen LogP contribution in [0.3, 0.4) is 0 Å². The van der Waals surface area contributed by atoms with Crippen LogP contribution in [0.25, 0.3) is 0 Å². The summed E-state index contributed by atoms with van der Waals surface area (Å²) in [4.78, 5) is 0. The standard InChI is InChI=1S/C9H5ClF6/c1-4-2-5(8(11,12)13)7(10)6(3-4)9(14,15)16/h2-3H,1H3. The summed E-state index contributed by atoms with van der Waals surface area (Å²) in [5.41, 5.74) is -3.09. The van der Waals surface area contributed by atoms with Gasteiger partial charge in [0.15, 0.2) is 0 Å². The van der Waals surface area contributed by atoms with Crippen LogP contribution in [0.1, 0.15) is 16.7 Å². The Morgan fingerprint density at radius 2 is 1.19 bits per heavy atom. The van der Waals surface area contributed by atoms with Gasteiger partial charge in [0.25, 0.3) is 0 Å². The minimum atomic E-state index is -4.90. The second-order valence-corrected chi connectivity index (χ2v) is 3.55. The molecule has 0 atom stereocenters. The van der Waals surface area contributed by atoms with E-state index in [4.69, 9.17) is 11.6 Å². The Morgan fingerprint density at radius 1 is 0.875 bits per heavy atom. The maximum atomic E-state index is 12.3. The Bertz CT molecular complexity index is 368. The molecule has 0 N–H and O–H groups in total. The first-order chi connectivity index (χ1) is 7.03. The normalized spacial score (nSPS) is 13.0. The van der Waals surface area contributed by atoms with Gasteiger partial charge in [0.2, 0.25) is 0 Å². The van der Waals surface area contributed by atoms with Gasteiger partial charge in [-0.15, -0.1) is 0 Å². The highest BCUT2D eigenvalue weighted by Crippen LogP contribution is 2.42. The quantitative estimate of drug-likeness (QED) is 0.595. The molecule has 0 saturated carbocycles. The molecule has 0 nitrogen and oxygen atoms in total. The fraction of sp³-hybridized carbons (Fsp3) is 0.333. The third-order valence-corrected chi connectivity index (χ3v) is 2.23. The van der Waals surface area contributed by atoms with Gasteiger partial charge in [0, 0.05) is 0 Å². The van der Waals surface area contributed by atoms with Crippen molar-refractivity contribution in [3.63, 3.8) is 0 Å². The van der Waals surface area contributed by atoms with Gasteiger partial charge >= 0.3 is 12.4 Å². The van der Waals surface area contributed by atoms with E-state index in [2.05, 4.69) is 0 Å². The third-order valence-electron chi connectivity index (χ3n) is 1.83. The molecule has 1 aromatic rings. The number of benzene rings is 1. The summed E-state index contributed by atoms with van der Waals surface area (Å²) in [5.74, 6) is 0. The van der Waals surface area contributed by atoms with Crippen molar-refractivity contribution in [1.29, 1.82) is 0 Å². The van der Waals surface area contributed by atoms with E-state index in [9.17, 15) is 26.3 Å². The molecule has 16 heavy (non-hydrogen) atoms. The minimum absolute atomic E-state index is 0.149. The molecule has 1 aromatic carbocycles. The zero-order chi connectivity index (χ0) is 12.7. The molecule has 0 aliphatic heterocycles. The molecule has 0 fully saturated rings. The van der Waals surface area contributed by atoms with Crippen LogP contribution in [0.2, 0.25) is 5.02 Å². The van der Waals surface area contributed by atoms with Crippen LogP contribution in [0.4, 0.5) is 26.3 Å². The van der Waals surface area contributed by atoms with Crippen molar-refractivity contribution in [2.75, 3.05) is 0 Å². The van der Waals surface area contributed by atoms with E-state index in [1.54, 1.807) is 0 Å². The smallest absolute Gasteiger partial charge is 0.166 e. The molecule has 0 amide bonds. The van der Waals surface area contributed by atoms with Crippen molar-refractivity contribution in [2.24, 2.45) is 0 Å². The summed E-state index contributed by atoms with van der Waals surface area (Å²) in [5, 5.41) is -1.31. The highest BCUT2D eigenvalue weighted by molar-refractivity contribution is 6.32. The number of halogens is 7. The lowest BCUT2D eigenvalue weighted by molar-refractivity contribution is -0.142. The number of hydrogen-bond acceptors (Lipinski definition) is 0. The van der Waals surface area contributed by atoms with E-state index in [0.717, 1.165) is 6.92 Å². The van der Waals surface area contributed by atoms with Gasteiger partial charge in [-0.3, -0.25) is 0 Å². The third kappa shape index (κ3) is 2.61. The van der Waals surface area contributed by atoms with Crippen LogP contribution >= 0.6 is 11.6 Å². The molecule has 7 heteroatoms. The molecule has 0 unspecified atom stereocenters. The molecule has 0 heterocycles. The molecule has 0 spiro atoms. The van der Waals surface area contributed by atoms with Gasteiger partial charge in [0.05, 0.1) is 16.1 Å². The van der Waals surface area contributed by atoms with Gasteiger partial charge in [-0.05, 0) is 24.6 Å². The first kappa shape index (κ1) is 13.2. The molecule has 1 rings (SSSR count). The van der Waals surface area contributed by atoms with E-state index in [0.29, 0.717) is 12.1 Å². The Kier molecular flexibility index (Phi) is 3.15. The lowest BCUT2D eigenvalue weighted by Gasteiger charge is -2.15. The minimum Gasteiger partial charge on any atom is -0.166 e. The van der Waals surface area contributed by atoms with Crippen molar-refractivity contribution in [3.05, 3.63) is 33.8 Å². The first-order valence-corrected chi connectivity index (χ1v) is 4.36. The average molecular weight is 263 g/mol. The zero-order valence-electron chi connectivity index (χ0n) is 7.80. The molecule has 0 aromatic heterocycles. The topological polar surface area (TPSA) is 0 Å². The number of alkyl halides is 6. The van der Waals surface area contributed by atoms with Crippen molar-refractivity contribution in [3.8, 4) is 0 Å².